The van der Waals surface area contributed by atoms with Crippen molar-refractivity contribution in [2.24, 2.45) is 0 Å². The Morgan fingerprint density at radius 3 is 1.48 bits per heavy atom. The lowest BCUT2D eigenvalue weighted by Crippen LogP contribution is -2.00. The second-order valence-electron chi connectivity index (χ2n) is 15.1. The normalized spacial score (nSPS) is 12.9. The Morgan fingerprint density at radius 2 is 0.823 bits per heavy atom. The molecule has 0 saturated heterocycles. The first kappa shape index (κ1) is 29.7. The Labute approximate surface area is 365 Å². The van der Waals surface area contributed by atoms with Gasteiger partial charge in [0.05, 0.1) is 8.22 Å². The summed E-state index contributed by atoms with van der Waals surface area (Å²) in [7, 11) is 0. The van der Waals surface area contributed by atoms with Gasteiger partial charge in [-0.05, 0) is 105 Å². The quantitative estimate of drug-likeness (QED) is 0.161. The molecule has 3 aromatic heterocycles. The van der Waals surface area contributed by atoms with Crippen LogP contribution in [0.25, 0.3) is 123 Å². The van der Waals surface area contributed by atoms with Crippen molar-refractivity contribution in [1.29, 1.82) is 0 Å². The van der Waals surface area contributed by atoms with Crippen molar-refractivity contribution < 1.29 is 17.1 Å². The van der Waals surface area contributed by atoms with Gasteiger partial charge in [-0.1, -0.05) is 152 Å². The van der Waals surface area contributed by atoms with Crippen LogP contribution in [0.15, 0.2) is 221 Å². The number of nitrogens with zero attached hydrogens (tertiary/aromatic N) is 3. The Morgan fingerprint density at radius 1 is 0.306 bits per heavy atom. The average Bonchev–Trinajstić information content (AvgIpc) is 3.99. The van der Waals surface area contributed by atoms with E-state index in [2.05, 4.69) is 6.07 Å². The summed E-state index contributed by atoms with van der Waals surface area (Å²) < 4.78 is 69.9. The number of benzene rings is 9. The lowest BCUT2D eigenvalue weighted by atomic mass is 9.93. The molecule has 0 spiro atoms. The summed E-state index contributed by atoms with van der Waals surface area (Å²) in [6.07, 6.45) is 0. The van der Waals surface area contributed by atoms with Crippen molar-refractivity contribution in [2.45, 2.75) is 0 Å². The lowest BCUT2D eigenvalue weighted by molar-refractivity contribution is 0.669. The molecule has 0 fully saturated rings. The van der Waals surface area contributed by atoms with Crippen molar-refractivity contribution in [1.82, 2.24) is 15.0 Å². The molecule has 0 bridgehead atoms. The molecule has 0 atom stereocenters. The maximum absolute atomic E-state index is 9.73. The molecule has 0 radical (unpaired) electrons. The van der Waals surface area contributed by atoms with Gasteiger partial charge in [-0.25, -0.2) is 15.0 Å². The highest BCUT2D eigenvalue weighted by atomic mass is 16.3. The van der Waals surface area contributed by atoms with E-state index >= 15 is 0 Å². The molecule has 12 aromatic rings. The molecule has 0 saturated carbocycles. The molecule has 9 aromatic carbocycles. The topological polar surface area (TPSA) is 65.0 Å². The van der Waals surface area contributed by atoms with Crippen molar-refractivity contribution in [3.05, 3.63) is 212 Å². The summed E-state index contributed by atoms with van der Waals surface area (Å²) in [4.78, 5) is 14.8. The molecule has 0 amide bonds. The highest BCUT2D eigenvalue weighted by Gasteiger charge is 2.20. The van der Waals surface area contributed by atoms with Crippen LogP contribution in [0.4, 0.5) is 0 Å². The summed E-state index contributed by atoms with van der Waals surface area (Å²) in [5.41, 5.74) is 8.47. The van der Waals surface area contributed by atoms with Gasteiger partial charge < -0.3 is 8.83 Å². The second kappa shape index (κ2) is 14.7. The van der Waals surface area contributed by atoms with Crippen molar-refractivity contribution in [3.63, 3.8) is 0 Å². The third-order valence-electron chi connectivity index (χ3n) is 11.2. The SMILES string of the molecule is [2H]c1c(-c2cc(-c3ccccc3)cc(-c3ccccc3)c2)c([2H])c2c(oc3c([2H])c(-c4nc(-c5ccccc5)nc(-c5cc(-c6ccccc6)c6c(c5)oc5ccccc56)n4)c([2H])c([2H])c32)c1[2H]. The van der Waals surface area contributed by atoms with Crippen LogP contribution in [-0.4, -0.2) is 15.0 Å². The van der Waals surface area contributed by atoms with Gasteiger partial charge in [-0.2, -0.15) is 0 Å². The van der Waals surface area contributed by atoms with E-state index in [1.165, 1.54) is 0 Å². The Balaban J connectivity index is 1.08. The Hall–Kier alpha value is -8.41. The van der Waals surface area contributed by atoms with Gasteiger partial charge >= 0.3 is 0 Å². The fourth-order valence-electron chi connectivity index (χ4n) is 8.18. The molecule has 290 valence electrons. The predicted molar refractivity (Wildman–Crippen MR) is 252 cm³/mol. The standard InChI is InChI=1S/C57H35N3O2/c1-5-15-36(16-6-1)42-29-43(37-17-7-2-8-18-37)31-44(30-42)40-26-28-51-49(32-40)46-27-25-41(34-52(46)61-51)56-58-55(39-21-11-4-12-22-39)59-57(60-56)45-33-48(38-19-9-3-10-20-38)54-47-23-13-14-24-50(47)62-53(54)35-45/h1-35H/i25D,26D,27D,28D,32D,34D. The van der Waals surface area contributed by atoms with Crippen molar-refractivity contribution in [2.75, 3.05) is 0 Å². The van der Waals surface area contributed by atoms with E-state index in [1.807, 2.05) is 170 Å². The van der Waals surface area contributed by atoms with Crippen LogP contribution in [0.3, 0.4) is 0 Å². The van der Waals surface area contributed by atoms with E-state index in [9.17, 15) is 8.22 Å². The number of hydrogen-bond acceptors (Lipinski definition) is 5. The number of aromatic nitrogens is 3. The molecule has 0 aliphatic carbocycles. The Bertz CT molecular complexity index is 3920. The maximum Gasteiger partial charge on any atom is 0.164 e. The van der Waals surface area contributed by atoms with Crippen LogP contribution in [0.5, 0.6) is 0 Å². The minimum atomic E-state index is -0.362. The molecule has 62 heavy (non-hydrogen) atoms. The molecular formula is C57H35N3O2. The largest absolute Gasteiger partial charge is 0.456 e. The van der Waals surface area contributed by atoms with Gasteiger partial charge in [0.1, 0.15) is 22.3 Å². The number of rotatable bonds is 7. The van der Waals surface area contributed by atoms with Gasteiger partial charge in [0.15, 0.2) is 17.5 Å². The average molecular weight is 800 g/mol. The third kappa shape index (κ3) is 6.32. The third-order valence-corrected chi connectivity index (χ3v) is 11.2. The zero-order chi connectivity index (χ0) is 46.2. The zero-order valence-electron chi connectivity index (χ0n) is 38.9. The van der Waals surface area contributed by atoms with Crippen LogP contribution >= 0.6 is 0 Å². The molecule has 0 aliphatic heterocycles. The first-order valence-electron chi connectivity index (χ1n) is 23.3. The first-order valence-corrected chi connectivity index (χ1v) is 20.3. The van der Waals surface area contributed by atoms with Gasteiger partial charge in [0, 0.05) is 38.2 Å². The van der Waals surface area contributed by atoms with E-state index in [1.54, 1.807) is 0 Å². The van der Waals surface area contributed by atoms with E-state index in [0.29, 0.717) is 22.3 Å². The van der Waals surface area contributed by atoms with Crippen molar-refractivity contribution in [3.8, 4) is 78.7 Å². The van der Waals surface area contributed by atoms with Crippen LogP contribution in [0.1, 0.15) is 8.22 Å². The fraction of sp³-hybridized carbons (Fsp3) is 0. The Kier molecular flexibility index (Phi) is 7.05. The molecule has 5 heteroatoms. The number of furan rings is 2. The van der Waals surface area contributed by atoms with E-state index in [4.69, 9.17) is 23.8 Å². The minimum Gasteiger partial charge on any atom is -0.456 e. The summed E-state index contributed by atoms with van der Waals surface area (Å²) in [6, 6.07) is 55.0. The molecule has 12 rings (SSSR count). The van der Waals surface area contributed by atoms with Crippen LogP contribution in [0, 0.1) is 0 Å². The molecule has 0 unspecified atom stereocenters. The smallest absolute Gasteiger partial charge is 0.164 e. The first-order chi connectivity index (χ1) is 33.2. The molecule has 5 nitrogen and oxygen atoms in total. The fourth-order valence-corrected chi connectivity index (χ4v) is 8.18. The number of para-hydroxylation sites is 1. The molecule has 3 heterocycles. The molecular weight excluding hydrogens is 759 g/mol. The van der Waals surface area contributed by atoms with Gasteiger partial charge in [-0.15, -0.1) is 0 Å². The van der Waals surface area contributed by atoms with Crippen LogP contribution in [0.2, 0.25) is 0 Å². The highest BCUT2D eigenvalue weighted by Crippen LogP contribution is 2.41. The minimum absolute atomic E-state index is 0.0291. The summed E-state index contributed by atoms with van der Waals surface area (Å²) in [5, 5.41) is 2.01. The lowest BCUT2D eigenvalue weighted by Gasteiger charge is -2.11. The number of hydrogen-bond donors (Lipinski definition) is 0. The zero-order valence-corrected chi connectivity index (χ0v) is 32.9. The summed E-state index contributed by atoms with van der Waals surface area (Å²) >= 11 is 0. The van der Waals surface area contributed by atoms with E-state index < -0.39 is 0 Å². The van der Waals surface area contributed by atoms with Crippen LogP contribution in [-0.2, 0) is 0 Å². The monoisotopic (exact) mass is 799 g/mol. The molecule has 0 N–H and O–H groups in total. The second-order valence-corrected chi connectivity index (χ2v) is 15.1. The van der Waals surface area contributed by atoms with Gasteiger partial charge in [0.2, 0.25) is 0 Å². The van der Waals surface area contributed by atoms with Gasteiger partial charge in [-0.3, -0.25) is 0 Å². The van der Waals surface area contributed by atoms with Gasteiger partial charge in [0.25, 0.3) is 0 Å². The van der Waals surface area contributed by atoms with Crippen molar-refractivity contribution >= 4 is 43.9 Å². The highest BCUT2D eigenvalue weighted by molar-refractivity contribution is 6.13. The van der Waals surface area contributed by atoms with Crippen LogP contribution < -0.4 is 0 Å². The predicted octanol–water partition coefficient (Wildman–Crippen LogP) is 15.3. The molecule has 0 aliphatic rings. The van der Waals surface area contributed by atoms with E-state index in [0.717, 1.165) is 49.7 Å². The maximum atomic E-state index is 9.73. The van der Waals surface area contributed by atoms with E-state index in [-0.39, 0.29) is 86.8 Å². The summed E-state index contributed by atoms with van der Waals surface area (Å²) in [6.45, 7) is 0. The number of fused-ring (bicyclic) bond motifs is 6. The summed E-state index contributed by atoms with van der Waals surface area (Å²) in [5.74, 6) is 0.502.